The van der Waals surface area contributed by atoms with E-state index in [0.29, 0.717) is 0 Å². The van der Waals surface area contributed by atoms with Crippen molar-refractivity contribution in [3.8, 4) is 11.5 Å². The molecule has 3 rings (SSSR count). The number of hydrogen-bond acceptors (Lipinski definition) is 7. The summed E-state index contributed by atoms with van der Waals surface area (Å²) in [6.45, 7) is 9.36. The Morgan fingerprint density at radius 3 is 2.33 bits per heavy atom. The number of nitrogens with one attached hydrogen (secondary N) is 1. The number of nitrogens with zero attached hydrogens (tertiary/aromatic N) is 3. The summed E-state index contributed by atoms with van der Waals surface area (Å²) >= 11 is 7.07. The van der Waals surface area contributed by atoms with Gasteiger partial charge in [-0.1, -0.05) is 11.3 Å². The largest absolute Gasteiger partial charge is 0.497 e. The van der Waals surface area contributed by atoms with E-state index in [2.05, 4.69) is 48.2 Å². The van der Waals surface area contributed by atoms with Gasteiger partial charge in [0.2, 0.25) is 5.13 Å². The van der Waals surface area contributed by atoms with Crippen LogP contribution < -0.4 is 14.8 Å². The predicted molar refractivity (Wildman–Crippen MR) is 126 cm³/mol. The van der Waals surface area contributed by atoms with Gasteiger partial charge in [0.15, 0.2) is 3.95 Å². The molecule has 2 aromatic rings. The lowest BCUT2D eigenvalue weighted by Gasteiger charge is -2.31. The molecule has 1 saturated heterocycles. The fourth-order valence-corrected chi connectivity index (χ4v) is 4.96. The zero-order valence-corrected chi connectivity index (χ0v) is 20.4. The molecule has 1 aromatic heterocycles. The monoisotopic (exact) mass is 450 g/mol. The second-order valence-electron chi connectivity index (χ2n) is 9.01. The lowest BCUT2D eigenvalue weighted by Crippen LogP contribution is -2.35. The minimum absolute atomic E-state index is 0.0113. The van der Waals surface area contributed by atoms with Crippen LogP contribution in [0.2, 0.25) is 0 Å². The molecule has 0 spiro atoms. The van der Waals surface area contributed by atoms with E-state index in [1.54, 1.807) is 25.6 Å². The second kappa shape index (κ2) is 10.1. The Kier molecular flexibility index (Phi) is 7.76. The van der Waals surface area contributed by atoms with Gasteiger partial charge in [-0.05, 0) is 82.3 Å². The van der Waals surface area contributed by atoms with Gasteiger partial charge in [0.25, 0.3) is 0 Å². The van der Waals surface area contributed by atoms with Crippen molar-refractivity contribution >= 4 is 28.7 Å². The Morgan fingerprint density at radius 2 is 1.77 bits per heavy atom. The number of aryl methyl sites for hydroxylation is 1. The molecule has 30 heavy (non-hydrogen) atoms. The first-order chi connectivity index (χ1) is 14.3. The van der Waals surface area contributed by atoms with E-state index in [1.165, 1.54) is 24.8 Å². The van der Waals surface area contributed by atoms with E-state index in [0.717, 1.165) is 52.7 Å². The van der Waals surface area contributed by atoms with Crippen LogP contribution in [0.15, 0.2) is 18.2 Å². The van der Waals surface area contributed by atoms with Crippen LogP contribution in [0.4, 0.5) is 5.13 Å². The van der Waals surface area contributed by atoms with Crippen LogP contribution in [-0.4, -0.2) is 47.5 Å². The SMILES string of the molecule is COc1cc(CCC2CCN(Cn3nc(NC(C)(C)C)sc3=S)CC2)cc(OC)c1. The number of aromatic nitrogens is 2. The number of likely N-dealkylation sites (tertiary alicyclic amines) is 1. The molecular weight excluding hydrogens is 416 g/mol. The van der Waals surface area contributed by atoms with Crippen molar-refractivity contribution in [2.24, 2.45) is 5.92 Å². The maximum Gasteiger partial charge on any atom is 0.205 e. The third kappa shape index (κ3) is 6.68. The first-order valence-corrected chi connectivity index (χ1v) is 11.8. The summed E-state index contributed by atoms with van der Waals surface area (Å²) in [5, 5.41) is 8.99. The van der Waals surface area contributed by atoms with Crippen LogP contribution in [0.1, 0.15) is 45.6 Å². The van der Waals surface area contributed by atoms with Crippen LogP contribution in [0, 0.1) is 9.87 Å². The smallest absolute Gasteiger partial charge is 0.205 e. The van der Waals surface area contributed by atoms with Gasteiger partial charge in [0.1, 0.15) is 11.5 Å². The minimum atomic E-state index is -0.0113. The van der Waals surface area contributed by atoms with Crippen LogP contribution in [0.3, 0.4) is 0 Å². The fraction of sp³-hybridized carbons (Fsp3) is 0.636. The fourth-order valence-electron chi connectivity index (χ4n) is 3.75. The average molecular weight is 451 g/mol. The topological polar surface area (TPSA) is 51.5 Å². The lowest BCUT2D eigenvalue weighted by molar-refractivity contribution is 0.137. The molecular formula is C22H34N4O2S2. The zero-order valence-electron chi connectivity index (χ0n) is 18.7. The highest BCUT2D eigenvalue weighted by atomic mass is 32.1. The highest BCUT2D eigenvalue weighted by Gasteiger charge is 2.21. The van der Waals surface area contributed by atoms with Gasteiger partial charge in [-0.25, -0.2) is 4.68 Å². The molecule has 1 aliphatic rings. The van der Waals surface area contributed by atoms with Crippen molar-refractivity contribution in [1.29, 1.82) is 0 Å². The van der Waals surface area contributed by atoms with Crippen LogP contribution >= 0.6 is 23.6 Å². The van der Waals surface area contributed by atoms with Crippen LogP contribution in [-0.2, 0) is 13.1 Å². The third-order valence-electron chi connectivity index (χ3n) is 5.38. The molecule has 0 radical (unpaired) electrons. The highest BCUT2D eigenvalue weighted by Crippen LogP contribution is 2.27. The van der Waals surface area contributed by atoms with E-state index < -0.39 is 0 Å². The van der Waals surface area contributed by atoms with Crippen LogP contribution in [0.5, 0.6) is 11.5 Å². The van der Waals surface area contributed by atoms with Crippen molar-refractivity contribution in [1.82, 2.24) is 14.7 Å². The van der Waals surface area contributed by atoms with E-state index in [9.17, 15) is 0 Å². The zero-order chi connectivity index (χ0) is 21.7. The quantitative estimate of drug-likeness (QED) is 0.558. The summed E-state index contributed by atoms with van der Waals surface area (Å²) in [6.07, 6.45) is 4.68. The standard InChI is InChI=1S/C22H34N4O2S2/c1-22(2,3)23-20-24-26(21(29)30-20)15-25-10-8-16(9-11-25)6-7-17-12-18(27-4)14-19(13-17)28-5/h12-14,16H,6-11,15H2,1-5H3,(H,23,24). The van der Waals surface area contributed by atoms with Crippen molar-refractivity contribution in [2.45, 2.75) is 58.7 Å². The van der Waals surface area contributed by atoms with Gasteiger partial charge >= 0.3 is 0 Å². The summed E-state index contributed by atoms with van der Waals surface area (Å²) in [5.74, 6) is 2.47. The van der Waals surface area contributed by atoms with Crippen molar-refractivity contribution in [3.05, 3.63) is 27.7 Å². The third-order valence-corrected chi connectivity index (χ3v) is 6.60. The number of anilines is 1. The lowest BCUT2D eigenvalue weighted by atomic mass is 9.90. The van der Waals surface area contributed by atoms with Gasteiger partial charge in [0, 0.05) is 24.7 Å². The van der Waals surface area contributed by atoms with E-state index in [1.807, 2.05) is 10.7 Å². The van der Waals surface area contributed by atoms with Gasteiger partial charge < -0.3 is 14.8 Å². The van der Waals surface area contributed by atoms with Crippen molar-refractivity contribution in [2.75, 3.05) is 32.6 Å². The summed E-state index contributed by atoms with van der Waals surface area (Å²) < 4.78 is 13.6. The molecule has 166 valence electrons. The Morgan fingerprint density at radius 1 is 1.13 bits per heavy atom. The Balaban J connectivity index is 1.48. The summed E-state index contributed by atoms with van der Waals surface area (Å²) in [4.78, 5) is 2.46. The molecule has 0 saturated carbocycles. The number of methoxy groups -OCH3 is 2. The molecule has 0 bridgehead atoms. The van der Waals surface area contributed by atoms with E-state index in [-0.39, 0.29) is 5.54 Å². The Hall–Kier alpha value is -1.64. The molecule has 0 unspecified atom stereocenters. The number of ether oxygens (including phenoxy) is 2. The Labute approximate surface area is 189 Å². The highest BCUT2D eigenvalue weighted by molar-refractivity contribution is 7.73. The van der Waals surface area contributed by atoms with Crippen LogP contribution in [0.25, 0.3) is 0 Å². The summed E-state index contributed by atoms with van der Waals surface area (Å²) in [5.41, 5.74) is 1.27. The molecule has 0 aliphatic carbocycles. The van der Waals surface area contributed by atoms with E-state index >= 15 is 0 Å². The van der Waals surface area contributed by atoms with Gasteiger partial charge in [-0.3, -0.25) is 4.90 Å². The maximum absolute atomic E-state index is 5.52. The predicted octanol–water partition coefficient (Wildman–Crippen LogP) is 5.20. The Bertz CT molecular complexity index is 858. The van der Waals surface area contributed by atoms with E-state index in [4.69, 9.17) is 21.7 Å². The number of hydrogen-bond donors (Lipinski definition) is 1. The molecule has 1 N–H and O–H groups in total. The van der Waals surface area contributed by atoms with Gasteiger partial charge in [-0.15, -0.1) is 5.10 Å². The molecule has 0 atom stereocenters. The first-order valence-electron chi connectivity index (χ1n) is 10.6. The van der Waals surface area contributed by atoms with Crippen molar-refractivity contribution in [3.63, 3.8) is 0 Å². The molecule has 1 fully saturated rings. The van der Waals surface area contributed by atoms with Gasteiger partial charge in [-0.2, -0.15) is 0 Å². The number of rotatable bonds is 8. The summed E-state index contributed by atoms with van der Waals surface area (Å²) in [7, 11) is 3.40. The van der Waals surface area contributed by atoms with Crippen molar-refractivity contribution < 1.29 is 9.47 Å². The molecule has 1 aliphatic heterocycles. The molecule has 8 heteroatoms. The second-order valence-corrected chi connectivity index (χ2v) is 10.6. The molecule has 1 aromatic carbocycles. The molecule has 2 heterocycles. The number of benzene rings is 1. The summed E-state index contributed by atoms with van der Waals surface area (Å²) in [6, 6.07) is 6.16. The molecule has 0 amide bonds. The van der Waals surface area contributed by atoms with Gasteiger partial charge in [0.05, 0.1) is 20.9 Å². The molecule has 6 nitrogen and oxygen atoms in total. The average Bonchev–Trinajstić information content (AvgIpc) is 3.03. The normalized spacial score (nSPS) is 15.9. The first kappa shape index (κ1) is 23.0. The number of piperidine rings is 1. The maximum atomic E-state index is 5.52. The minimum Gasteiger partial charge on any atom is -0.497 e.